The van der Waals surface area contributed by atoms with Crippen LogP contribution in [0.4, 0.5) is 38.0 Å². The first-order valence-electron chi connectivity index (χ1n) is 8.06. The minimum absolute atomic E-state index is 0.120. The minimum Gasteiger partial charge on any atom is -0.352 e. The van der Waals surface area contributed by atoms with Gasteiger partial charge in [-0.15, -0.1) is 0 Å². The Balaban J connectivity index is 1.87. The summed E-state index contributed by atoms with van der Waals surface area (Å²) < 4.78 is 26.1. The van der Waals surface area contributed by atoms with Crippen molar-refractivity contribution in [3.8, 4) is 0 Å². The van der Waals surface area contributed by atoms with Crippen molar-refractivity contribution in [3.05, 3.63) is 60.2 Å². The highest BCUT2D eigenvalue weighted by atomic mass is 19.1. The van der Waals surface area contributed by atoms with Gasteiger partial charge in [-0.25, -0.2) is 8.78 Å². The normalized spacial score (nSPS) is 10.7. The third-order valence-electron chi connectivity index (χ3n) is 3.25. The first-order valence-corrected chi connectivity index (χ1v) is 8.06. The number of hydrogen-bond acceptors (Lipinski definition) is 6. The fourth-order valence-corrected chi connectivity index (χ4v) is 2.14. The number of aromatic nitrogens is 3. The zero-order valence-electron chi connectivity index (χ0n) is 14.3. The van der Waals surface area contributed by atoms with Crippen molar-refractivity contribution in [2.45, 2.75) is 19.9 Å². The Morgan fingerprint density at radius 1 is 0.654 bits per heavy atom. The van der Waals surface area contributed by atoms with Crippen LogP contribution in [-0.2, 0) is 0 Å². The first-order chi connectivity index (χ1) is 12.5. The van der Waals surface area contributed by atoms with Crippen LogP contribution in [0.15, 0.2) is 48.5 Å². The molecule has 0 unspecified atom stereocenters. The van der Waals surface area contributed by atoms with E-state index in [0.717, 1.165) is 0 Å². The highest BCUT2D eigenvalue weighted by Gasteiger charge is 2.09. The van der Waals surface area contributed by atoms with E-state index >= 15 is 0 Å². The van der Waals surface area contributed by atoms with Crippen molar-refractivity contribution >= 4 is 29.2 Å². The van der Waals surface area contributed by atoms with Crippen molar-refractivity contribution < 1.29 is 8.78 Å². The summed E-state index contributed by atoms with van der Waals surface area (Å²) in [6, 6.07) is 11.8. The van der Waals surface area contributed by atoms with Gasteiger partial charge in [0.2, 0.25) is 17.8 Å². The van der Waals surface area contributed by atoms with Gasteiger partial charge >= 0.3 is 0 Å². The second kappa shape index (κ2) is 7.73. The highest BCUT2D eigenvalue weighted by molar-refractivity contribution is 5.59. The van der Waals surface area contributed by atoms with Gasteiger partial charge in [0, 0.05) is 17.4 Å². The van der Waals surface area contributed by atoms with Crippen molar-refractivity contribution in [2.24, 2.45) is 0 Å². The van der Waals surface area contributed by atoms with Crippen LogP contribution >= 0.6 is 0 Å². The molecule has 0 aliphatic carbocycles. The zero-order valence-corrected chi connectivity index (χ0v) is 14.3. The molecule has 8 heteroatoms. The molecule has 1 heterocycles. The van der Waals surface area contributed by atoms with Crippen molar-refractivity contribution in [1.29, 1.82) is 0 Å². The summed E-state index contributed by atoms with van der Waals surface area (Å²) in [6.45, 7) is 3.92. The number of benzene rings is 2. The Morgan fingerprint density at radius 2 is 1.04 bits per heavy atom. The molecule has 0 aliphatic rings. The summed E-state index contributed by atoms with van der Waals surface area (Å²) in [5, 5.41) is 9.14. The number of rotatable bonds is 6. The van der Waals surface area contributed by atoms with E-state index in [4.69, 9.17) is 0 Å². The van der Waals surface area contributed by atoms with Crippen LogP contribution in [-0.4, -0.2) is 21.0 Å². The third-order valence-corrected chi connectivity index (χ3v) is 3.25. The second-order valence-electron chi connectivity index (χ2n) is 5.87. The maximum atomic E-state index is 13.1. The lowest BCUT2D eigenvalue weighted by Gasteiger charge is -2.13. The molecule has 134 valence electrons. The first kappa shape index (κ1) is 17.5. The van der Waals surface area contributed by atoms with Gasteiger partial charge in [-0.05, 0) is 62.4 Å². The summed E-state index contributed by atoms with van der Waals surface area (Å²) in [5.41, 5.74) is 1.28. The van der Waals surface area contributed by atoms with Crippen LogP contribution in [0, 0.1) is 11.6 Å². The Hall–Kier alpha value is -3.29. The Kier molecular flexibility index (Phi) is 5.21. The van der Waals surface area contributed by atoms with E-state index in [2.05, 4.69) is 30.9 Å². The maximum absolute atomic E-state index is 13.1. The molecule has 3 aromatic rings. The molecule has 0 fully saturated rings. The number of hydrogen-bond donors (Lipinski definition) is 3. The van der Waals surface area contributed by atoms with E-state index in [-0.39, 0.29) is 17.7 Å². The van der Waals surface area contributed by atoms with Gasteiger partial charge in [0.05, 0.1) is 0 Å². The molecule has 0 atom stereocenters. The largest absolute Gasteiger partial charge is 0.352 e. The fraction of sp³-hybridized carbons (Fsp3) is 0.167. The van der Waals surface area contributed by atoms with Crippen molar-refractivity contribution in [3.63, 3.8) is 0 Å². The average molecular weight is 356 g/mol. The summed E-state index contributed by atoms with van der Waals surface area (Å²) >= 11 is 0. The minimum atomic E-state index is -0.327. The molecule has 2 aromatic carbocycles. The highest BCUT2D eigenvalue weighted by Crippen LogP contribution is 2.19. The number of anilines is 5. The van der Waals surface area contributed by atoms with E-state index < -0.39 is 0 Å². The molecule has 0 saturated carbocycles. The van der Waals surface area contributed by atoms with Gasteiger partial charge in [-0.2, -0.15) is 15.0 Å². The quantitative estimate of drug-likeness (QED) is 0.606. The molecule has 0 radical (unpaired) electrons. The monoisotopic (exact) mass is 356 g/mol. The molecule has 1 aromatic heterocycles. The lowest BCUT2D eigenvalue weighted by atomic mass is 10.3. The number of halogens is 2. The van der Waals surface area contributed by atoms with Gasteiger partial charge in [0.15, 0.2) is 0 Å². The lowest BCUT2D eigenvalue weighted by molar-refractivity contribution is 0.627. The SMILES string of the molecule is CC(C)Nc1nc(Nc2ccc(F)cc2)nc(Nc2ccc(F)cc2)n1. The number of nitrogens with one attached hydrogen (secondary N) is 3. The smallest absolute Gasteiger partial charge is 0.233 e. The third kappa shape index (κ3) is 4.85. The summed E-state index contributed by atoms with van der Waals surface area (Å²) in [4.78, 5) is 12.9. The van der Waals surface area contributed by atoms with Crippen molar-refractivity contribution in [1.82, 2.24) is 15.0 Å². The van der Waals surface area contributed by atoms with Gasteiger partial charge in [0.25, 0.3) is 0 Å². The molecule has 3 N–H and O–H groups in total. The molecule has 0 aliphatic heterocycles. The summed E-state index contributed by atoms with van der Waals surface area (Å²) in [5.74, 6) is 0.307. The molecular weight excluding hydrogens is 338 g/mol. The molecule has 0 amide bonds. The molecule has 0 bridgehead atoms. The van der Waals surface area contributed by atoms with Crippen LogP contribution in [0.3, 0.4) is 0 Å². The van der Waals surface area contributed by atoms with E-state index in [1.807, 2.05) is 13.8 Å². The zero-order chi connectivity index (χ0) is 18.5. The lowest BCUT2D eigenvalue weighted by Crippen LogP contribution is -2.15. The molecule has 6 nitrogen and oxygen atoms in total. The summed E-state index contributed by atoms with van der Waals surface area (Å²) in [6.07, 6.45) is 0. The van der Waals surface area contributed by atoms with Gasteiger partial charge in [-0.3, -0.25) is 0 Å². The summed E-state index contributed by atoms with van der Waals surface area (Å²) in [7, 11) is 0. The van der Waals surface area contributed by atoms with Gasteiger partial charge in [-0.1, -0.05) is 0 Å². The van der Waals surface area contributed by atoms with Gasteiger partial charge < -0.3 is 16.0 Å². The molecule has 26 heavy (non-hydrogen) atoms. The van der Waals surface area contributed by atoms with E-state index in [1.165, 1.54) is 24.3 Å². The van der Waals surface area contributed by atoms with E-state index in [0.29, 0.717) is 29.2 Å². The van der Waals surface area contributed by atoms with Crippen LogP contribution in [0.2, 0.25) is 0 Å². The van der Waals surface area contributed by atoms with Crippen LogP contribution in [0.1, 0.15) is 13.8 Å². The molecule has 3 rings (SSSR count). The topological polar surface area (TPSA) is 74.8 Å². The van der Waals surface area contributed by atoms with Crippen LogP contribution < -0.4 is 16.0 Å². The van der Waals surface area contributed by atoms with Crippen LogP contribution in [0.25, 0.3) is 0 Å². The molecule has 0 saturated heterocycles. The van der Waals surface area contributed by atoms with Crippen LogP contribution in [0.5, 0.6) is 0 Å². The van der Waals surface area contributed by atoms with Gasteiger partial charge in [0.1, 0.15) is 11.6 Å². The average Bonchev–Trinajstić information content (AvgIpc) is 2.58. The Labute approximate surface area is 149 Å². The predicted octanol–water partition coefficient (Wildman–Crippen LogP) is 4.46. The maximum Gasteiger partial charge on any atom is 0.233 e. The Morgan fingerprint density at radius 3 is 1.42 bits per heavy atom. The molecular formula is C18H18F2N6. The second-order valence-corrected chi connectivity index (χ2v) is 5.87. The van der Waals surface area contributed by atoms with E-state index in [1.54, 1.807) is 24.3 Å². The fourth-order valence-electron chi connectivity index (χ4n) is 2.14. The van der Waals surface area contributed by atoms with E-state index in [9.17, 15) is 8.78 Å². The number of nitrogens with zero attached hydrogens (tertiary/aromatic N) is 3. The molecule has 0 spiro atoms. The Bertz CT molecular complexity index is 800. The predicted molar refractivity (Wildman–Crippen MR) is 98.0 cm³/mol. The standard InChI is InChI=1S/C18H18F2N6/c1-11(2)21-16-24-17(22-14-7-3-12(19)4-8-14)26-18(25-16)23-15-9-5-13(20)6-10-15/h3-11H,1-2H3,(H3,21,22,23,24,25,26). The van der Waals surface area contributed by atoms with Crippen molar-refractivity contribution in [2.75, 3.05) is 16.0 Å².